The Bertz CT molecular complexity index is 925. The second-order valence-electron chi connectivity index (χ2n) is 5.65. The first-order valence-corrected chi connectivity index (χ1v) is 7.99. The summed E-state index contributed by atoms with van der Waals surface area (Å²) in [5.74, 6) is -1.46. The van der Waals surface area contributed by atoms with E-state index in [9.17, 15) is 13.6 Å². The number of hydrogen-bond donors (Lipinski definition) is 2. The molecule has 3 aromatic rings. The number of halogens is 2. The molecule has 0 saturated heterocycles. The van der Waals surface area contributed by atoms with Crippen molar-refractivity contribution in [3.05, 3.63) is 71.4 Å². The van der Waals surface area contributed by atoms with Crippen molar-refractivity contribution in [2.75, 3.05) is 13.7 Å². The van der Waals surface area contributed by atoms with Crippen molar-refractivity contribution in [3.63, 3.8) is 0 Å². The number of methoxy groups -OCH3 is 1. The van der Waals surface area contributed by atoms with Crippen LogP contribution in [0.1, 0.15) is 16.1 Å². The third-order valence-corrected chi connectivity index (χ3v) is 3.87. The number of aromatic nitrogens is 2. The van der Waals surface area contributed by atoms with Crippen LogP contribution in [-0.4, -0.2) is 29.8 Å². The average molecular weight is 357 g/mol. The number of benzene rings is 2. The molecule has 0 atom stereocenters. The minimum atomic E-state index is -0.963. The molecule has 3 rings (SSSR count). The molecule has 0 saturated carbocycles. The van der Waals surface area contributed by atoms with E-state index in [0.717, 1.165) is 23.4 Å². The van der Waals surface area contributed by atoms with Gasteiger partial charge in [-0.1, -0.05) is 12.1 Å². The molecule has 0 aliphatic rings. The van der Waals surface area contributed by atoms with Crippen LogP contribution in [-0.2, 0) is 6.42 Å². The van der Waals surface area contributed by atoms with Crippen molar-refractivity contribution in [2.45, 2.75) is 6.42 Å². The monoisotopic (exact) mass is 357 g/mol. The summed E-state index contributed by atoms with van der Waals surface area (Å²) < 4.78 is 31.5. The number of hydrogen-bond acceptors (Lipinski definition) is 3. The largest absolute Gasteiger partial charge is 0.497 e. The Morgan fingerprint density at radius 1 is 1.15 bits per heavy atom. The first kappa shape index (κ1) is 17.6. The second-order valence-corrected chi connectivity index (χ2v) is 5.65. The molecular weight excluding hydrogens is 340 g/mol. The van der Waals surface area contributed by atoms with E-state index in [2.05, 4.69) is 15.5 Å². The standard InChI is InChI=1S/C19H17F2N3O2/c1-26-14-4-2-3-12(9-14)7-8-22-19(25)18-11-17(23-24-18)13-5-6-15(20)16(21)10-13/h2-6,9-11H,7-8H2,1H3,(H,22,25)(H,23,24). The first-order valence-electron chi connectivity index (χ1n) is 7.99. The molecule has 0 fully saturated rings. The SMILES string of the molecule is COc1cccc(CCNC(=O)c2cc(-c3ccc(F)c(F)c3)n[nH]2)c1. The van der Waals surface area contributed by atoms with Gasteiger partial charge in [-0.15, -0.1) is 0 Å². The predicted molar refractivity (Wildman–Crippen MR) is 93.0 cm³/mol. The summed E-state index contributed by atoms with van der Waals surface area (Å²) in [5.41, 5.74) is 2.03. The Balaban J connectivity index is 1.60. The molecule has 2 aromatic carbocycles. The molecule has 5 nitrogen and oxygen atoms in total. The van der Waals surface area contributed by atoms with Gasteiger partial charge in [-0.25, -0.2) is 8.78 Å². The van der Waals surface area contributed by atoms with Crippen LogP contribution in [0, 0.1) is 11.6 Å². The normalized spacial score (nSPS) is 10.6. The van der Waals surface area contributed by atoms with Crippen LogP contribution >= 0.6 is 0 Å². The molecule has 0 unspecified atom stereocenters. The summed E-state index contributed by atoms with van der Waals surface area (Å²) in [6.07, 6.45) is 0.646. The molecule has 134 valence electrons. The molecular formula is C19H17F2N3O2. The minimum Gasteiger partial charge on any atom is -0.497 e. The average Bonchev–Trinajstić information content (AvgIpc) is 3.14. The van der Waals surface area contributed by atoms with Crippen molar-refractivity contribution in [2.24, 2.45) is 0 Å². The summed E-state index contributed by atoms with van der Waals surface area (Å²) in [7, 11) is 1.60. The number of carbonyl (C=O) groups is 1. The van der Waals surface area contributed by atoms with E-state index in [0.29, 0.717) is 24.2 Å². The van der Waals surface area contributed by atoms with Crippen LogP contribution in [0.25, 0.3) is 11.3 Å². The summed E-state index contributed by atoms with van der Waals surface area (Å²) >= 11 is 0. The number of ether oxygens (including phenoxy) is 1. The first-order chi connectivity index (χ1) is 12.6. The van der Waals surface area contributed by atoms with Gasteiger partial charge in [-0.2, -0.15) is 5.10 Å². The van der Waals surface area contributed by atoms with Crippen LogP contribution in [0.5, 0.6) is 5.75 Å². The quantitative estimate of drug-likeness (QED) is 0.711. The number of nitrogens with one attached hydrogen (secondary N) is 2. The smallest absolute Gasteiger partial charge is 0.269 e. The van der Waals surface area contributed by atoms with Gasteiger partial charge in [0.1, 0.15) is 11.4 Å². The maximum absolute atomic E-state index is 13.3. The van der Waals surface area contributed by atoms with E-state index >= 15 is 0 Å². The van der Waals surface area contributed by atoms with Crippen LogP contribution in [0.15, 0.2) is 48.5 Å². The van der Waals surface area contributed by atoms with E-state index in [1.807, 2.05) is 24.3 Å². The lowest BCUT2D eigenvalue weighted by atomic mass is 10.1. The topological polar surface area (TPSA) is 67.0 Å². The van der Waals surface area contributed by atoms with E-state index in [4.69, 9.17) is 4.74 Å². The van der Waals surface area contributed by atoms with E-state index in [-0.39, 0.29) is 11.6 Å². The highest BCUT2D eigenvalue weighted by atomic mass is 19.2. The Morgan fingerprint density at radius 3 is 2.77 bits per heavy atom. The van der Waals surface area contributed by atoms with Gasteiger partial charge in [-0.3, -0.25) is 9.89 Å². The lowest BCUT2D eigenvalue weighted by molar-refractivity contribution is 0.0949. The van der Waals surface area contributed by atoms with Crippen molar-refractivity contribution < 1.29 is 18.3 Å². The molecule has 0 aliphatic carbocycles. The number of nitrogens with zero attached hydrogens (tertiary/aromatic N) is 1. The number of rotatable bonds is 6. The van der Waals surface area contributed by atoms with Gasteiger partial charge in [0.05, 0.1) is 12.8 Å². The Hall–Kier alpha value is -3.22. The Morgan fingerprint density at radius 2 is 2.00 bits per heavy atom. The van der Waals surface area contributed by atoms with Gasteiger partial charge in [0.2, 0.25) is 0 Å². The predicted octanol–water partition coefficient (Wildman–Crippen LogP) is 3.34. The molecule has 7 heteroatoms. The maximum atomic E-state index is 13.3. The molecule has 1 aromatic heterocycles. The van der Waals surface area contributed by atoms with Crippen LogP contribution < -0.4 is 10.1 Å². The summed E-state index contributed by atoms with van der Waals surface area (Å²) in [6.45, 7) is 0.436. The second kappa shape index (κ2) is 7.77. The summed E-state index contributed by atoms with van der Waals surface area (Å²) in [4.78, 5) is 12.2. The molecule has 0 bridgehead atoms. The highest BCUT2D eigenvalue weighted by Gasteiger charge is 2.12. The molecule has 1 heterocycles. The highest BCUT2D eigenvalue weighted by molar-refractivity contribution is 5.93. The molecule has 0 aliphatic heterocycles. The van der Waals surface area contributed by atoms with Gasteiger partial charge in [0.25, 0.3) is 5.91 Å². The van der Waals surface area contributed by atoms with Crippen LogP contribution in [0.3, 0.4) is 0 Å². The lowest BCUT2D eigenvalue weighted by Gasteiger charge is -2.05. The minimum absolute atomic E-state index is 0.246. The van der Waals surface area contributed by atoms with Crippen molar-refractivity contribution in [3.8, 4) is 17.0 Å². The van der Waals surface area contributed by atoms with Gasteiger partial charge < -0.3 is 10.1 Å². The Kier molecular flexibility index (Phi) is 5.26. The van der Waals surface area contributed by atoms with Crippen LogP contribution in [0.2, 0.25) is 0 Å². The molecule has 0 radical (unpaired) electrons. The number of aromatic amines is 1. The highest BCUT2D eigenvalue weighted by Crippen LogP contribution is 2.20. The van der Waals surface area contributed by atoms with E-state index in [1.54, 1.807) is 7.11 Å². The fourth-order valence-corrected chi connectivity index (χ4v) is 2.48. The maximum Gasteiger partial charge on any atom is 0.269 e. The summed E-state index contributed by atoms with van der Waals surface area (Å²) in [5, 5.41) is 9.37. The fourth-order valence-electron chi connectivity index (χ4n) is 2.48. The van der Waals surface area contributed by atoms with Gasteiger partial charge in [0, 0.05) is 12.1 Å². The van der Waals surface area contributed by atoms with E-state index < -0.39 is 11.6 Å². The third-order valence-electron chi connectivity index (χ3n) is 3.87. The third kappa shape index (κ3) is 4.05. The van der Waals surface area contributed by atoms with Gasteiger partial charge in [0.15, 0.2) is 11.6 Å². The zero-order valence-electron chi connectivity index (χ0n) is 14.1. The van der Waals surface area contributed by atoms with E-state index in [1.165, 1.54) is 12.1 Å². The lowest BCUT2D eigenvalue weighted by Crippen LogP contribution is -2.26. The molecule has 26 heavy (non-hydrogen) atoms. The van der Waals surface area contributed by atoms with Gasteiger partial charge in [-0.05, 0) is 48.4 Å². The zero-order chi connectivity index (χ0) is 18.5. The number of H-pyrrole nitrogens is 1. The van der Waals surface area contributed by atoms with Crippen molar-refractivity contribution >= 4 is 5.91 Å². The summed E-state index contributed by atoms with van der Waals surface area (Å²) in [6, 6.07) is 12.6. The molecule has 2 N–H and O–H groups in total. The molecule has 1 amide bonds. The van der Waals surface area contributed by atoms with Crippen LogP contribution in [0.4, 0.5) is 8.78 Å². The van der Waals surface area contributed by atoms with Crippen molar-refractivity contribution in [1.29, 1.82) is 0 Å². The molecule has 0 spiro atoms. The van der Waals surface area contributed by atoms with Gasteiger partial charge >= 0.3 is 0 Å². The van der Waals surface area contributed by atoms with Crippen molar-refractivity contribution in [1.82, 2.24) is 15.5 Å². The Labute approximate surface area is 149 Å². The number of amides is 1. The fraction of sp³-hybridized carbons (Fsp3) is 0.158. The zero-order valence-corrected chi connectivity index (χ0v) is 14.1. The number of carbonyl (C=O) groups excluding carboxylic acids is 1.